The first-order valence-electron chi connectivity index (χ1n) is 18.5. The van der Waals surface area contributed by atoms with Gasteiger partial charge in [-0.25, -0.2) is 0 Å². The van der Waals surface area contributed by atoms with Crippen LogP contribution < -0.4 is 32.1 Å². The van der Waals surface area contributed by atoms with Crippen LogP contribution in [0.25, 0.3) is 0 Å². The Kier molecular flexibility index (Phi) is 16.2. The minimum Gasteiger partial charge on any atom is -0.873 e. The first kappa shape index (κ1) is 42.1. The summed E-state index contributed by atoms with van der Waals surface area (Å²) in [4.78, 5) is 15.6. The van der Waals surface area contributed by atoms with Crippen LogP contribution >= 0.6 is 11.6 Å². The van der Waals surface area contributed by atoms with Gasteiger partial charge in [-0.1, -0.05) is 163 Å². The zero-order chi connectivity index (χ0) is 38.8. The molecular formula is C48H41BClFeN4O2+. The number of hydrogen-bond donors (Lipinski definition) is 0. The maximum atomic E-state index is 10.4. The minimum absolute atomic E-state index is 0. The molecule has 0 radical (unpaired) electrons. The van der Waals surface area contributed by atoms with Crippen LogP contribution in [0.4, 0.5) is 0 Å². The molecule has 0 atom stereocenters. The standard InChI is InChI=1S/C24H20B.C18H18N4.C6H5ClO2.Fe/c1-5-13-21(14-6-1)25(22-15-7-2-8-16-22,23-17-9-3-10-18-23)24-19-11-4-12-20-24;1-4-10-19-16(7-1)13-22(14-17-8-2-5-11-20-17)15-18-9-3-6-12-21-18;7-4-1-2-5(8)6(9)3-4;/h1-20H;1-12H,13-15H2;1-3,8-9H;/q-1;;;+4/p-2. The molecule has 0 aliphatic heterocycles. The summed E-state index contributed by atoms with van der Waals surface area (Å²) in [5.74, 6) is -1.07. The van der Waals surface area contributed by atoms with Crippen LogP contribution in [0.15, 0.2) is 213 Å². The molecule has 0 bridgehead atoms. The molecule has 6 nitrogen and oxygen atoms in total. The number of rotatable bonds is 10. The second kappa shape index (κ2) is 21.9. The molecule has 282 valence electrons. The number of hydrogen-bond acceptors (Lipinski definition) is 6. The Hall–Kier alpha value is -6.02. The SMILES string of the molecule is [Fe+4].[O-]c1ccc(Cl)cc1[O-].c1ccc(CN(Cc2ccccn2)Cc2ccccn2)nc1.c1ccc([B-](c2ccccc2)(c2ccccc2)c2ccccc2)cc1. The van der Waals surface area contributed by atoms with Gasteiger partial charge in [0.1, 0.15) is 6.15 Å². The molecule has 0 fully saturated rings. The van der Waals surface area contributed by atoms with E-state index in [-0.39, 0.29) is 17.1 Å². The van der Waals surface area contributed by atoms with Gasteiger partial charge in [0.05, 0.1) is 17.1 Å². The van der Waals surface area contributed by atoms with Crippen LogP contribution in [-0.2, 0) is 36.7 Å². The van der Waals surface area contributed by atoms with E-state index in [9.17, 15) is 10.2 Å². The number of pyridine rings is 3. The van der Waals surface area contributed by atoms with Gasteiger partial charge in [0.15, 0.2) is 0 Å². The van der Waals surface area contributed by atoms with E-state index in [1.165, 1.54) is 27.9 Å². The molecule has 9 heteroatoms. The third kappa shape index (κ3) is 11.7. The summed E-state index contributed by atoms with van der Waals surface area (Å²) in [7, 11) is 0. The fourth-order valence-corrected chi connectivity index (χ4v) is 7.10. The molecule has 0 aliphatic carbocycles. The Morgan fingerprint density at radius 2 is 0.719 bits per heavy atom. The van der Waals surface area contributed by atoms with Crippen LogP contribution in [0.3, 0.4) is 0 Å². The Balaban J connectivity index is 0.000000178. The van der Waals surface area contributed by atoms with Crippen LogP contribution in [0.1, 0.15) is 17.1 Å². The molecule has 0 aliphatic rings. The summed E-state index contributed by atoms with van der Waals surface area (Å²) in [5.41, 5.74) is 8.51. The van der Waals surface area contributed by atoms with Gasteiger partial charge < -0.3 is 10.2 Å². The van der Waals surface area contributed by atoms with Crippen molar-refractivity contribution in [2.24, 2.45) is 0 Å². The van der Waals surface area contributed by atoms with Crippen molar-refractivity contribution >= 4 is 39.6 Å². The number of halogens is 1. The average molecular weight is 808 g/mol. The molecule has 0 saturated carbocycles. The van der Waals surface area contributed by atoms with E-state index in [2.05, 4.69) is 141 Å². The summed E-state index contributed by atoms with van der Waals surface area (Å²) in [5, 5.41) is 21.1. The van der Waals surface area contributed by atoms with Gasteiger partial charge in [-0.3, -0.25) is 19.9 Å². The number of nitrogens with zero attached hydrogens (tertiary/aromatic N) is 4. The fourth-order valence-electron chi connectivity index (χ4n) is 6.93. The van der Waals surface area contributed by atoms with E-state index in [4.69, 9.17) is 11.6 Å². The molecule has 0 saturated heterocycles. The summed E-state index contributed by atoms with van der Waals surface area (Å²) < 4.78 is 0. The van der Waals surface area contributed by atoms with E-state index in [1.807, 2.05) is 73.2 Å². The second-order valence-electron chi connectivity index (χ2n) is 13.2. The molecule has 57 heavy (non-hydrogen) atoms. The minimum atomic E-state index is -1.22. The van der Waals surface area contributed by atoms with Crippen molar-refractivity contribution in [1.29, 1.82) is 0 Å². The molecule has 0 unspecified atom stereocenters. The van der Waals surface area contributed by atoms with Crippen molar-refractivity contribution in [3.8, 4) is 11.5 Å². The molecular weight excluding hydrogens is 767 g/mol. The first-order valence-corrected chi connectivity index (χ1v) is 18.8. The van der Waals surface area contributed by atoms with E-state index < -0.39 is 17.6 Å². The summed E-state index contributed by atoms with van der Waals surface area (Å²) >= 11 is 5.38. The normalized spacial score (nSPS) is 10.6. The summed E-state index contributed by atoms with van der Waals surface area (Å²) in [6.07, 6.45) is 4.27. The topological polar surface area (TPSA) is 88.0 Å². The van der Waals surface area contributed by atoms with Gasteiger partial charge in [0, 0.05) is 43.2 Å². The molecule has 0 amide bonds. The van der Waals surface area contributed by atoms with Crippen LogP contribution in [-0.4, -0.2) is 26.0 Å². The van der Waals surface area contributed by atoms with Gasteiger partial charge in [-0.2, -0.15) is 21.9 Å². The van der Waals surface area contributed by atoms with Crippen LogP contribution in [0.2, 0.25) is 5.02 Å². The zero-order valence-electron chi connectivity index (χ0n) is 31.2. The largest absolute Gasteiger partial charge is 4.00 e. The van der Waals surface area contributed by atoms with Crippen LogP contribution in [0.5, 0.6) is 11.5 Å². The quantitative estimate of drug-likeness (QED) is 0.145. The van der Waals surface area contributed by atoms with Crippen molar-refractivity contribution in [3.63, 3.8) is 0 Å². The molecule has 0 spiro atoms. The van der Waals surface area contributed by atoms with Gasteiger partial charge in [-0.05, 0) is 42.5 Å². The van der Waals surface area contributed by atoms with Crippen molar-refractivity contribution in [3.05, 3.63) is 235 Å². The maximum absolute atomic E-state index is 10.4. The second-order valence-corrected chi connectivity index (χ2v) is 13.6. The molecule has 0 N–H and O–H groups in total. The van der Waals surface area contributed by atoms with E-state index in [0.29, 0.717) is 5.02 Å². The third-order valence-corrected chi connectivity index (χ3v) is 9.67. The van der Waals surface area contributed by atoms with Crippen molar-refractivity contribution in [1.82, 2.24) is 19.9 Å². The summed E-state index contributed by atoms with van der Waals surface area (Å²) in [6.45, 7) is 2.32. The van der Waals surface area contributed by atoms with Gasteiger partial charge in [0.25, 0.3) is 0 Å². The van der Waals surface area contributed by atoms with Gasteiger partial charge in [-0.15, -0.1) is 11.5 Å². The van der Waals surface area contributed by atoms with E-state index >= 15 is 0 Å². The molecule has 5 aromatic carbocycles. The number of benzene rings is 5. The Bertz CT molecular complexity index is 2060. The van der Waals surface area contributed by atoms with Crippen molar-refractivity contribution in [2.45, 2.75) is 19.6 Å². The first-order chi connectivity index (χ1) is 27.5. The van der Waals surface area contributed by atoms with E-state index in [0.717, 1.165) is 48.8 Å². The molecule has 8 rings (SSSR count). The predicted molar refractivity (Wildman–Crippen MR) is 226 cm³/mol. The number of aromatic nitrogens is 3. The Morgan fingerprint density at radius 3 is 0.982 bits per heavy atom. The van der Waals surface area contributed by atoms with Gasteiger partial charge in [0.2, 0.25) is 0 Å². The maximum Gasteiger partial charge on any atom is 4.00 e. The average Bonchev–Trinajstić information content (AvgIpc) is 3.26. The van der Waals surface area contributed by atoms with Crippen LogP contribution in [0, 0.1) is 0 Å². The smallest absolute Gasteiger partial charge is 0.873 e. The molecule has 3 aromatic heterocycles. The van der Waals surface area contributed by atoms with Gasteiger partial charge >= 0.3 is 17.1 Å². The predicted octanol–water partition coefficient (Wildman–Crippen LogP) is 6.62. The van der Waals surface area contributed by atoms with E-state index in [1.54, 1.807) is 0 Å². The Morgan fingerprint density at radius 1 is 0.404 bits per heavy atom. The summed E-state index contributed by atoms with van der Waals surface area (Å²) in [6, 6.07) is 65.2. The van der Waals surface area contributed by atoms with Crippen molar-refractivity contribution in [2.75, 3.05) is 0 Å². The monoisotopic (exact) mass is 807 g/mol. The fraction of sp³-hybridized carbons (Fsp3) is 0.0625. The third-order valence-electron chi connectivity index (χ3n) is 9.44. The Labute approximate surface area is 351 Å². The molecule has 8 aromatic rings. The van der Waals surface area contributed by atoms with Crippen molar-refractivity contribution < 1.29 is 27.3 Å². The molecule has 3 heterocycles. The zero-order valence-corrected chi connectivity index (χ0v) is 33.1.